The van der Waals surface area contributed by atoms with Crippen LogP contribution in [0.2, 0.25) is 0 Å². The third-order valence-electron chi connectivity index (χ3n) is 1.43. The van der Waals surface area contributed by atoms with Crippen molar-refractivity contribution in [2.75, 3.05) is 13.2 Å². The van der Waals surface area contributed by atoms with Crippen LogP contribution in [0.1, 0.15) is 20.0 Å². The van der Waals surface area contributed by atoms with Gasteiger partial charge in [-0.3, -0.25) is 18.9 Å². The van der Waals surface area contributed by atoms with Gasteiger partial charge in [-0.25, -0.2) is 23.5 Å². The maximum absolute atomic E-state index is 11.0. The average molecular weight is 1060 g/mol. The van der Waals surface area contributed by atoms with E-state index in [-0.39, 0.29) is 383 Å². The predicted octanol–water partition coefficient (Wildman–Crippen LogP) is -8.65. The summed E-state index contributed by atoms with van der Waals surface area (Å²) in [7, 11) is -22.2. The summed E-state index contributed by atoms with van der Waals surface area (Å²) in [6.07, 6.45) is -1.89. The van der Waals surface area contributed by atoms with Gasteiger partial charge in [-0.05, 0) is 0 Å². The molecule has 0 heterocycles. The molecule has 35 heteroatoms. The van der Waals surface area contributed by atoms with E-state index in [4.69, 9.17) is 18.9 Å². The summed E-state index contributed by atoms with van der Waals surface area (Å²) in [5.41, 5.74) is 0. The van der Waals surface area contributed by atoms with Crippen LogP contribution in [-0.2, 0) is 144 Å². The van der Waals surface area contributed by atoms with E-state index in [1.807, 2.05) is 0 Å². The van der Waals surface area contributed by atoms with E-state index in [2.05, 4.69) is 26.5 Å². The van der Waals surface area contributed by atoms with Gasteiger partial charge < -0.3 is 38.5 Å². The van der Waals surface area contributed by atoms with E-state index >= 15 is 0 Å². The first-order chi connectivity index (χ1) is 12.3. The fourth-order valence-corrected chi connectivity index (χ4v) is 3.62. The second kappa shape index (κ2) is 43.8. The Balaban J connectivity index is -0.0000000112. The van der Waals surface area contributed by atoms with Crippen LogP contribution in [-0.4, -0.2) is 293 Å². The van der Waals surface area contributed by atoms with Crippen molar-refractivity contribution >= 4 is 281 Å². The van der Waals surface area contributed by atoms with Crippen LogP contribution >= 0.6 is 15.6 Å². The van der Waals surface area contributed by atoms with E-state index in [9.17, 15) is 40.3 Å². The van der Waals surface area contributed by atoms with Crippen LogP contribution in [0.4, 0.5) is 4.79 Å². The molecule has 0 aliphatic rings. The molecule has 0 saturated carbocycles. The number of ether oxygens (including phenoxy) is 2. The number of hydrogen-bond acceptors (Lipinski definition) is 15. The van der Waals surface area contributed by atoms with Gasteiger partial charge in [-0.1, -0.05) is 0 Å². The van der Waals surface area contributed by atoms with Crippen LogP contribution < -0.4 is 59.1 Å². The molecule has 0 aliphatic carbocycles. The average Bonchev–Trinajstić information content (AvgIpc) is 2.35. The van der Waals surface area contributed by atoms with Crippen molar-refractivity contribution in [1.29, 1.82) is 0 Å². The van der Waals surface area contributed by atoms with Crippen LogP contribution in [0, 0.1) is 0 Å². The molecule has 0 spiro atoms. The minimum atomic E-state index is -5.64. The molecule has 0 aliphatic heterocycles. The summed E-state index contributed by atoms with van der Waals surface area (Å²) in [6.45, 7) is -3.03. The van der Waals surface area contributed by atoms with Gasteiger partial charge in [0.2, 0.25) is 0 Å². The van der Waals surface area contributed by atoms with Crippen molar-refractivity contribution in [3.8, 4) is 0 Å². The molecule has 0 rings (SSSR count). The van der Waals surface area contributed by atoms with Crippen LogP contribution in [0.5, 0.6) is 0 Å². The van der Waals surface area contributed by atoms with Gasteiger partial charge >= 0.3 is 340 Å². The number of phosphoric acid groups is 2. The van der Waals surface area contributed by atoms with Crippen LogP contribution in [0.25, 0.3) is 0 Å². The number of rotatable bonds is 10. The molecule has 0 radical (unpaired) electrons. The SMILES string of the molecule is O=C(COC(=O)OCC(=O)OP(=O)(O)OS(=O)(=O)O)OP(=O)(O)OS(=O)(=O)O.[Ca+2].[Ca+2].[Ca+2].[Ca+2].[Ca+2].[Ca+2].[H-].[H-].[H-].[H-].[H-].[H-].[H-].[H-].[H-].[H-].[H-].[H-].[H-].[H-].[Na+].[Na+].[Zn].[Zn].[Zn].[Zn]. The summed E-state index contributed by atoms with van der Waals surface area (Å²) in [5.74, 6) is -3.79. The fourth-order valence-electron chi connectivity index (χ4n) is 0.856. The summed E-state index contributed by atoms with van der Waals surface area (Å²) in [4.78, 5) is 50.5. The number of hydrogen-bond donors (Lipinski definition) is 4. The van der Waals surface area contributed by atoms with Crippen molar-refractivity contribution < 1.29 is 243 Å². The van der Waals surface area contributed by atoms with Gasteiger partial charge in [-0.15, -0.1) is 7.94 Å². The molecule has 0 fully saturated rings. The summed E-state index contributed by atoms with van der Waals surface area (Å²) < 4.78 is 99.9. The number of phosphoric ester groups is 2. The molecule has 0 aromatic carbocycles. The Morgan fingerprint density at radius 1 is 0.600 bits per heavy atom. The second-order valence-corrected chi connectivity index (χ2v) is 8.84. The summed E-state index contributed by atoms with van der Waals surface area (Å²) >= 11 is 0. The number of carbonyl (C=O) groups excluding carboxylic acids is 3. The maximum Gasteiger partial charge on any atom is 2.00 e. The zero-order valence-corrected chi connectivity index (χ0v) is 54.1. The summed E-state index contributed by atoms with van der Waals surface area (Å²) in [6, 6.07) is 0. The molecule has 0 aromatic rings. The minimum absolute atomic E-state index is 0. The van der Waals surface area contributed by atoms with Gasteiger partial charge in [0.25, 0.3) is 0 Å². The Morgan fingerprint density at radius 3 is 0.975 bits per heavy atom. The van der Waals surface area contributed by atoms with Crippen molar-refractivity contribution in [1.82, 2.24) is 0 Å². The van der Waals surface area contributed by atoms with Gasteiger partial charge in [0, 0.05) is 77.9 Å². The standard InChI is InChI=1S/C5H8O19P2S2.6Ca.2Na.4Zn.14H/c6-3(21-25(9,10)23-27(13,14)15)1-19-5(8)20-2-4(7)22-26(11,12)24-28(16,17)18;;;;;;;;;;;;;;;;;;;;;;;;;;/h1-2H2,(H,9,10)(H,11,12)(H,13,14,15)(H,16,17,18);;;;;;;;;;;;;;;;;;;;;;;;;;/q;6*+2;2*+1;;;;;14*-1. The van der Waals surface area contributed by atoms with E-state index in [1.165, 1.54) is 0 Å². The Kier molecular flexibility index (Phi) is 96.2. The van der Waals surface area contributed by atoms with Crippen molar-refractivity contribution in [3.63, 3.8) is 0 Å². The van der Waals surface area contributed by atoms with Crippen molar-refractivity contribution in [3.05, 3.63) is 0 Å². The molecule has 4 N–H and O–H groups in total. The molecule has 2 atom stereocenters. The Hall–Kier alpha value is 10.4. The third kappa shape index (κ3) is 60.5. The summed E-state index contributed by atoms with van der Waals surface area (Å²) in [5, 5.41) is 0. The molecule has 0 bridgehead atoms. The maximum atomic E-state index is 11.0. The predicted molar refractivity (Wildman–Crippen MR) is 124 cm³/mol. The zero-order valence-electron chi connectivity index (χ0n) is 35.6. The smallest absolute Gasteiger partial charge is 1.00 e. The van der Waals surface area contributed by atoms with Crippen molar-refractivity contribution in [2.24, 2.45) is 0 Å². The molecule has 0 amide bonds. The van der Waals surface area contributed by atoms with E-state index in [0.717, 1.165) is 0 Å². The van der Waals surface area contributed by atoms with E-state index in [0.29, 0.717) is 0 Å². The van der Waals surface area contributed by atoms with Gasteiger partial charge in [0.1, 0.15) is 0 Å². The van der Waals surface area contributed by atoms with Gasteiger partial charge in [0.15, 0.2) is 13.2 Å². The largest absolute Gasteiger partial charge is 2.00 e. The van der Waals surface area contributed by atoms with Gasteiger partial charge in [0.05, 0.1) is 0 Å². The second-order valence-electron chi connectivity index (χ2n) is 3.70. The monoisotopic (exact) mass is 1050 g/mol. The molecular weight excluding hydrogens is 1040 g/mol. The Morgan fingerprint density at radius 2 is 0.800 bits per heavy atom. The van der Waals surface area contributed by atoms with E-state index < -0.39 is 67.8 Å². The normalized spacial score (nSPS) is 11.3. The first-order valence-electron chi connectivity index (χ1n) is 5.57. The van der Waals surface area contributed by atoms with E-state index in [1.54, 1.807) is 0 Å². The van der Waals surface area contributed by atoms with Crippen LogP contribution in [0.15, 0.2) is 0 Å². The minimum Gasteiger partial charge on any atom is -1.00 e. The first-order valence-corrected chi connectivity index (χ1v) is 11.3. The molecule has 0 saturated heterocycles. The first kappa shape index (κ1) is 87.9. The topological polar surface area (TPSA) is 290 Å². The number of carbonyl (C=O) groups is 3. The van der Waals surface area contributed by atoms with Gasteiger partial charge in [-0.2, -0.15) is 16.8 Å². The Bertz CT molecular complexity index is 935. The fraction of sp³-hybridized carbons (Fsp3) is 0.400. The Labute approximate surface area is 524 Å². The van der Waals surface area contributed by atoms with Crippen LogP contribution in [0.3, 0.4) is 0 Å². The molecule has 200 valence electrons. The molecule has 19 nitrogen and oxygen atoms in total. The van der Waals surface area contributed by atoms with Crippen molar-refractivity contribution in [2.45, 2.75) is 0 Å². The molecule has 2 unspecified atom stereocenters. The molecule has 0 aromatic heterocycles. The molecular formula is C5H22Ca6Na2O19P2S2Zn4. The zero-order chi connectivity index (χ0) is 22.4. The molecule has 40 heavy (non-hydrogen) atoms. The third-order valence-corrected chi connectivity index (χ3v) is 5.31. The quantitative estimate of drug-likeness (QED) is 0.0684.